The molecule has 0 N–H and O–H groups in total. The second kappa shape index (κ2) is 11.6. The zero-order valence-electron chi connectivity index (χ0n) is 24.0. The number of morpholine rings is 1. The van der Waals surface area contributed by atoms with Gasteiger partial charge in [0.05, 0.1) is 26.4 Å². The molecule has 2 bridgehead atoms. The minimum Gasteiger partial charge on any atom is -0.466 e. The summed E-state index contributed by atoms with van der Waals surface area (Å²) in [6.45, 7) is 8.64. The van der Waals surface area contributed by atoms with Crippen molar-refractivity contribution in [3.05, 3.63) is 40.2 Å². The van der Waals surface area contributed by atoms with Crippen molar-refractivity contribution >= 4 is 23.9 Å². The number of hydrogen-bond acceptors (Lipinski definition) is 7. The monoisotopic (exact) mass is 556 g/mol. The molecule has 40 heavy (non-hydrogen) atoms. The summed E-state index contributed by atoms with van der Waals surface area (Å²) in [7, 11) is 1.25. The Labute approximate surface area is 235 Å². The Kier molecular flexibility index (Phi) is 8.34. The number of nitrogens with zero attached hydrogens (tertiary/aromatic N) is 2. The maximum Gasteiger partial charge on any atom is 0.411 e. The van der Waals surface area contributed by atoms with Crippen molar-refractivity contribution in [1.29, 1.82) is 0 Å². The fourth-order valence-electron chi connectivity index (χ4n) is 6.95. The van der Waals surface area contributed by atoms with Crippen LogP contribution in [0, 0.1) is 11.7 Å². The van der Waals surface area contributed by atoms with Gasteiger partial charge in [-0.1, -0.05) is 12.1 Å². The summed E-state index contributed by atoms with van der Waals surface area (Å²) in [4.78, 5) is 43.4. The first-order valence-corrected chi connectivity index (χ1v) is 14.5. The molecule has 0 spiro atoms. The van der Waals surface area contributed by atoms with Crippen LogP contribution in [0.2, 0.25) is 0 Å². The molecule has 2 heterocycles. The summed E-state index contributed by atoms with van der Waals surface area (Å²) in [5.41, 5.74) is 1.34. The Bertz CT molecular complexity index is 1190. The van der Waals surface area contributed by atoms with Crippen LogP contribution in [0.3, 0.4) is 0 Å². The number of rotatable bonds is 6. The van der Waals surface area contributed by atoms with Gasteiger partial charge in [0.2, 0.25) is 0 Å². The largest absolute Gasteiger partial charge is 0.466 e. The van der Waals surface area contributed by atoms with E-state index < -0.39 is 23.7 Å². The van der Waals surface area contributed by atoms with E-state index in [1.807, 2.05) is 6.07 Å². The van der Waals surface area contributed by atoms with E-state index >= 15 is 4.39 Å². The Morgan fingerprint density at radius 1 is 1.10 bits per heavy atom. The molecule has 2 aliphatic heterocycles. The average molecular weight is 557 g/mol. The predicted octanol–water partition coefficient (Wildman–Crippen LogP) is 4.32. The summed E-state index contributed by atoms with van der Waals surface area (Å²) in [5.74, 6) is -1.24. The predicted molar refractivity (Wildman–Crippen MR) is 147 cm³/mol. The van der Waals surface area contributed by atoms with Crippen molar-refractivity contribution < 1.29 is 33.0 Å². The number of fused-ring (bicyclic) bond motifs is 3. The molecule has 0 aromatic heterocycles. The minimum absolute atomic E-state index is 0.0313. The van der Waals surface area contributed by atoms with Crippen LogP contribution in [-0.2, 0) is 36.6 Å². The highest BCUT2D eigenvalue weighted by Gasteiger charge is 2.52. The van der Waals surface area contributed by atoms with Crippen LogP contribution in [0.5, 0.6) is 0 Å². The molecule has 2 saturated heterocycles. The normalized spacial score (nSPS) is 26.9. The number of methoxy groups -OCH3 is 1. The SMILES string of the molecule is COC(=O)/C(=C\c1ccc2c(c1F)CCC(N1CCOCC1)C2)CC(=O)[C@@H]1[C@H]2CC[C@H](C2)N1C(=O)OC(C)(C)C. The number of hydrogen-bond donors (Lipinski definition) is 0. The first-order chi connectivity index (χ1) is 19.1. The lowest BCUT2D eigenvalue weighted by Gasteiger charge is -2.37. The molecule has 1 unspecified atom stereocenters. The molecule has 3 fully saturated rings. The van der Waals surface area contributed by atoms with Gasteiger partial charge in [0.25, 0.3) is 0 Å². The van der Waals surface area contributed by atoms with E-state index in [0.717, 1.165) is 64.0 Å². The third-order valence-electron chi connectivity index (χ3n) is 8.78. The molecule has 2 aliphatic carbocycles. The topological polar surface area (TPSA) is 85.4 Å². The second-order valence-electron chi connectivity index (χ2n) is 12.5. The van der Waals surface area contributed by atoms with Crippen LogP contribution in [0.25, 0.3) is 6.08 Å². The third kappa shape index (κ3) is 5.96. The second-order valence-corrected chi connectivity index (χ2v) is 12.5. The standard InChI is InChI=1S/C31H41FN2O6/c1-31(2,3)40-30(37)34-24-8-7-21(17-24)28(34)26(35)18-22(29(36)38-4)15-20-6-5-19-16-23(9-10-25(19)27(20)32)33-11-13-39-14-12-33/h5-6,15,21,23-24,28H,7-14,16-18H2,1-4H3/b22-15-/t21-,23?,24+,28-/m0/s1. The van der Waals surface area contributed by atoms with E-state index in [0.29, 0.717) is 18.0 Å². The van der Waals surface area contributed by atoms with Gasteiger partial charge >= 0.3 is 12.1 Å². The number of amides is 1. The molecule has 218 valence electrons. The van der Waals surface area contributed by atoms with E-state index in [4.69, 9.17) is 14.2 Å². The van der Waals surface area contributed by atoms with Gasteiger partial charge in [-0.3, -0.25) is 14.6 Å². The summed E-state index contributed by atoms with van der Waals surface area (Å²) < 4.78 is 31.8. The lowest BCUT2D eigenvalue weighted by atomic mass is 9.85. The number of ether oxygens (including phenoxy) is 3. The Morgan fingerprint density at radius 3 is 2.55 bits per heavy atom. The van der Waals surface area contributed by atoms with E-state index in [-0.39, 0.29) is 41.1 Å². The van der Waals surface area contributed by atoms with Crippen molar-refractivity contribution in [1.82, 2.24) is 9.80 Å². The number of piperidine rings is 1. The quantitative estimate of drug-likeness (QED) is 0.381. The number of Topliss-reactive ketones (excluding diaryl/α,β-unsaturated/α-hetero) is 1. The third-order valence-corrected chi connectivity index (χ3v) is 8.78. The van der Waals surface area contributed by atoms with Gasteiger partial charge in [-0.05, 0) is 82.4 Å². The van der Waals surface area contributed by atoms with Crippen LogP contribution in [0.1, 0.15) is 69.6 Å². The molecule has 1 saturated carbocycles. The van der Waals surface area contributed by atoms with Gasteiger partial charge < -0.3 is 14.2 Å². The van der Waals surface area contributed by atoms with Gasteiger partial charge in [0.15, 0.2) is 5.78 Å². The smallest absolute Gasteiger partial charge is 0.411 e. The number of carbonyl (C=O) groups is 3. The minimum atomic E-state index is -0.685. The lowest BCUT2D eigenvalue weighted by Crippen LogP contribution is -2.50. The highest BCUT2D eigenvalue weighted by Crippen LogP contribution is 2.44. The maximum atomic E-state index is 15.8. The highest BCUT2D eigenvalue weighted by atomic mass is 19.1. The Morgan fingerprint density at radius 2 is 1.85 bits per heavy atom. The van der Waals surface area contributed by atoms with Crippen LogP contribution in [0.15, 0.2) is 17.7 Å². The van der Waals surface area contributed by atoms with E-state index in [1.165, 1.54) is 13.2 Å². The molecule has 5 rings (SSSR count). The molecule has 8 nitrogen and oxygen atoms in total. The molecule has 9 heteroatoms. The van der Waals surface area contributed by atoms with Crippen molar-refractivity contribution in [3.63, 3.8) is 0 Å². The van der Waals surface area contributed by atoms with Crippen LogP contribution < -0.4 is 0 Å². The fourth-order valence-corrected chi connectivity index (χ4v) is 6.95. The summed E-state index contributed by atoms with van der Waals surface area (Å²) in [5, 5.41) is 0. The molecule has 4 atom stereocenters. The van der Waals surface area contributed by atoms with Gasteiger partial charge in [-0.2, -0.15) is 0 Å². The van der Waals surface area contributed by atoms with Crippen molar-refractivity contribution in [2.24, 2.45) is 5.92 Å². The molecule has 1 aromatic rings. The molecule has 0 radical (unpaired) electrons. The summed E-state index contributed by atoms with van der Waals surface area (Å²) >= 11 is 0. The lowest BCUT2D eigenvalue weighted by molar-refractivity contribution is -0.137. The Balaban J connectivity index is 1.35. The first-order valence-electron chi connectivity index (χ1n) is 14.5. The summed E-state index contributed by atoms with van der Waals surface area (Å²) in [6, 6.07) is 3.29. The fraction of sp³-hybridized carbons (Fsp3) is 0.645. The number of benzene rings is 1. The number of carbonyl (C=O) groups excluding carboxylic acids is 3. The molecular weight excluding hydrogens is 515 g/mol. The molecule has 1 aromatic carbocycles. The van der Waals surface area contributed by atoms with Crippen molar-refractivity contribution in [2.45, 2.75) is 89.4 Å². The number of ketones is 1. The molecular formula is C31H41FN2O6. The van der Waals surface area contributed by atoms with Gasteiger partial charge in [0.1, 0.15) is 11.4 Å². The van der Waals surface area contributed by atoms with Crippen molar-refractivity contribution in [2.75, 3.05) is 33.4 Å². The average Bonchev–Trinajstić information content (AvgIpc) is 3.55. The number of esters is 1. The van der Waals surface area contributed by atoms with Crippen LogP contribution >= 0.6 is 0 Å². The van der Waals surface area contributed by atoms with E-state index in [1.54, 1.807) is 31.7 Å². The number of likely N-dealkylation sites (tertiary alicyclic amines) is 1. The Hall–Kier alpha value is -2.78. The first kappa shape index (κ1) is 28.7. The highest BCUT2D eigenvalue weighted by molar-refractivity contribution is 6.02. The van der Waals surface area contributed by atoms with Crippen molar-refractivity contribution in [3.8, 4) is 0 Å². The van der Waals surface area contributed by atoms with E-state index in [9.17, 15) is 14.4 Å². The number of halogens is 1. The molecule has 1 amide bonds. The van der Waals surface area contributed by atoms with E-state index in [2.05, 4.69) is 4.90 Å². The summed E-state index contributed by atoms with van der Waals surface area (Å²) in [6.07, 6.45) is 5.40. The van der Waals surface area contributed by atoms with Gasteiger partial charge in [-0.25, -0.2) is 14.0 Å². The van der Waals surface area contributed by atoms with Crippen LogP contribution in [0.4, 0.5) is 9.18 Å². The van der Waals surface area contributed by atoms with Gasteiger partial charge in [0, 0.05) is 42.7 Å². The van der Waals surface area contributed by atoms with Crippen LogP contribution in [-0.4, -0.2) is 84.8 Å². The zero-order chi connectivity index (χ0) is 28.6. The zero-order valence-corrected chi connectivity index (χ0v) is 24.0. The van der Waals surface area contributed by atoms with Gasteiger partial charge in [-0.15, -0.1) is 0 Å². The maximum absolute atomic E-state index is 15.8. The molecule has 4 aliphatic rings.